The molecule has 1 amide bonds. The number of hydrogen-bond acceptors (Lipinski definition) is 3. The first-order valence-corrected chi connectivity index (χ1v) is 6.57. The molecule has 0 aliphatic carbocycles. The number of nitrogens with one attached hydrogen (secondary N) is 2. The summed E-state index contributed by atoms with van der Waals surface area (Å²) in [5, 5.41) is 5.94. The predicted octanol–water partition coefficient (Wildman–Crippen LogP) is 2.83. The Bertz CT molecular complexity index is 420. The lowest BCUT2D eigenvalue weighted by molar-refractivity contribution is -0.117. The molecular formula is C14H21ClF2N2O2. The number of carbonyl (C=O) groups excluding carboxylic acids is 1. The molecule has 4 nitrogen and oxygen atoms in total. The highest BCUT2D eigenvalue weighted by atomic mass is 35.5. The highest BCUT2D eigenvalue weighted by Crippen LogP contribution is 2.15. The van der Waals surface area contributed by atoms with E-state index in [0.717, 1.165) is 17.8 Å². The molecule has 2 N–H and O–H groups in total. The first-order chi connectivity index (χ1) is 9.63. The summed E-state index contributed by atoms with van der Waals surface area (Å²) in [5.41, 5.74) is 1.71. The molecule has 0 atom stereocenters. The van der Waals surface area contributed by atoms with Crippen LogP contribution >= 0.6 is 12.4 Å². The second-order valence-electron chi connectivity index (χ2n) is 4.20. The van der Waals surface area contributed by atoms with Gasteiger partial charge in [0, 0.05) is 12.2 Å². The molecule has 120 valence electrons. The van der Waals surface area contributed by atoms with Gasteiger partial charge in [0.25, 0.3) is 6.43 Å². The van der Waals surface area contributed by atoms with Gasteiger partial charge < -0.3 is 15.4 Å². The molecule has 0 radical (unpaired) electrons. The molecule has 1 aromatic rings. The van der Waals surface area contributed by atoms with E-state index in [-0.39, 0.29) is 31.3 Å². The van der Waals surface area contributed by atoms with Crippen LogP contribution in [0.4, 0.5) is 14.5 Å². The van der Waals surface area contributed by atoms with Crippen LogP contribution in [0.3, 0.4) is 0 Å². The van der Waals surface area contributed by atoms with E-state index >= 15 is 0 Å². The molecule has 21 heavy (non-hydrogen) atoms. The molecule has 0 heterocycles. The molecule has 0 saturated carbocycles. The lowest BCUT2D eigenvalue weighted by Crippen LogP contribution is -2.18. The van der Waals surface area contributed by atoms with Crippen LogP contribution in [0.25, 0.3) is 0 Å². The Labute approximate surface area is 129 Å². The van der Waals surface area contributed by atoms with Gasteiger partial charge in [-0.05, 0) is 18.2 Å². The number of hydrogen-bond donors (Lipinski definition) is 2. The summed E-state index contributed by atoms with van der Waals surface area (Å²) in [6.07, 6.45) is -2.44. The van der Waals surface area contributed by atoms with Gasteiger partial charge in [-0.1, -0.05) is 25.1 Å². The normalized spacial score (nSPS) is 10.3. The Kier molecular flexibility index (Phi) is 10.7. The molecule has 0 unspecified atom stereocenters. The van der Waals surface area contributed by atoms with Crippen molar-refractivity contribution in [1.82, 2.24) is 5.32 Å². The van der Waals surface area contributed by atoms with E-state index in [0.29, 0.717) is 6.54 Å². The fourth-order valence-electron chi connectivity index (χ4n) is 1.61. The fraction of sp³-hybridized carbons (Fsp3) is 0.500. The van der Waals surface area contributed by atoms with Crippen LogP contribution in [0, 0.1) is 0 Å². The van der Waals surface area contributed by atoms with Crippen LogP contribution in [0.1, 0.15) is 18.9 Å². The van der Waals surface area contributed by atoms with Gasteiger partial charge in [0.1, 0.15) is 6.61 Å². The third kappa shape index (κ3) is 8.60. The molecule has 0 bridgehead atoms. The summed E-state index contributed by atoms with van der Waals surface area (Å²) in [6.45, 7) is 2.86. The quantitative estimate of drug-likeness (QED) is 0.687. The minimum Gasteiger partial charge on any atom is -0.375 e. The molecule has 0 saturated heterocycles. The number of para-hydroxylation sites is 1. The first kappa shape index (κ1) is 19.8. The Morgan fingerprint density at radius 2 is 2.05 bits per heavy atom. The highest BCUT2D eigenvalue weighted by Gasteiger charge is 2.07. The Hall–Kier alpha value is -1.24. The highest BCUT2D eigenvalue weighted by molar-refractivity contribution is 5.91. The third-order valence-electron chi connectivity index (χ3n) is 2.57. The van der Waals surface area contributed by atoms with Crippen molar-refractivity contribution in [3.05, 3.63) is 29.8 Å². The largest absolute Gasteiger partial charge is 0.375 e. The van der Waals surface area contributed by atoms with Gasteiger partial charge in [-0.25, -0.2) is 8.78 Å². The molecule has 0 aliphatic rings. The molecule has 0 aliphatic heterocycles. The minimum absolute atomic E-state index is 0. The summed E-state index contributed by atoms with van der Waals surface area (Å²) >= 11 is 0. The lowest BCUT2D eigenvalue weighted by atomic mass is 10.1. The fourth-order valence-corrected chi connectivity index (χ4v) is 1.61. The number of amides is 1. The molecule has 0 aromatic heterocycles. The van der Waals surface area contributed by atoms with Crippen LogP contribution in [0.15, 0.2) is 24.3 Å². The lowest BCUT2D eigenvalue weighted by Gasteiger charge is -2.11. The number of halogens is 3. The SMILES string of the molecule is CCNCc1ccccc1NC(=O)CCOCC(F)F.Cl. The summed E-state index contributed by atoms with van der Waals surface area (Å²) in [6, 6.07) is 7.46. The van der Waals surface area contributed by atoms with Crippen LogP contribution in [-0.4, -0.2) is 32.1 Å². The van der Waals surface area contributed by atoms with E-state index in [1.807, 2.05) is 31.2 Å². The van der Waals surface area contributed by atoms with Gasteiger partial charge in [-0.15, -0.1) is 12.4 Å². The third-order valence-corrected chi connectivity index (χ3v) is 2.57. The van der Waals surface area contributed by atoms with Crippen LogP contribution in [0.2, 0.25) is 0 Å². The van der Waals surface area contributed by atoms with E-state index in [1.54, 1.807) is 0 Å². The van der Waals surface area contributed by atoms with Crippen molar-refractivity contribution < 1.29 is 18.3 Å². The molecule has 0 spiro atoms. The van der Waals surface area contributed by atoms with Gasteiger partial charge in [0.15, 0.2) is 0 Å². The summed E-state index contributed by atoms with van der Waals surface area (Å²) in [5.74, 6) is -0.247. The van der Waals surface area contributed by atoms with Crippen molar-refractivity contribution in [3.8, 4) is 0 Å². The van der Waals surface area contributed by atoms with E-state index < -0.39 is 13.0 Å². The number of benzene rings is 1. The first-order valence-electron chi connectivity index (χ1n) is 6.57. The molecular weight excluding hydrogens is 302 g/mol. The molecule has 0 fully saturated rings. The summed E-state index contributed by atoms with van der Waals surface area (Å²) in [4.78, 5) is 11.7. The van der Waals surface area contributed by atoms with Gasteiger partial charge in [0.05, 0.1) is 13.0 Å². The zero-order valence-electron chi connectivity index (χ0n) is 11.9. The maximum Gasteiger partial charge on any atom is 0.261 e. The van der Waals surface area contributed by atoms with Crippen molar-refractivity contribution in [2.45, 2.75) is 26.3 Å². The second kappa shape index (κ2) is 11.4. The van der Waals surface area contributed by atoms with Crippen LogP contribution in [-0.2, 0) is 16.1 Å². The van der Waals surface area contributed by atoms with E-state index in [1.165, 1.54) is 0 Å². The number of anilines is 1. The van der Waals surface area contributed by atoms with Crippen molar-refractivity contribution in [2.24, 2.45) is 0 Å². The van der Waals surface area contributed by atoms with Gasteiger partial charge in [-0.2, -0.15) is 0 Å². The average molecular weight is 323 g/mol. The van der Waals surface area contributed by atoms with Crippen LogP contribution < -0.4 is 10.6 Å². The zero-order chi connectivity index (χ0) is 14.8. The monoisotopic (exact) mass is 322 g/mol. The average Bonchev–Trinajstić information content (AvgIpc) is 2.42. The molecule has 1 rings (SSSR count). The van der Waals surface area contributed by atoms with Crippen molar-refractivity contribution in [1.29, 1.82) is 0 Å². The van der Waals surface area contributed by atoms with Gasteiger partial charge >= 0.3 is 0 Å². The molecule has 1 aromatic carbocycles. The predicted molar refractivity (Wildman–Crippen MR) is 81.1 cm³/mol. The van der Waals surface area contributed by atoms with E-state index in [4.69, 9.17) is 0 Å². The van der Waals surface area contributed by atoms with Gasteiger partial charge in [-0.3, -0.25) is 4.79 Å². The van der Waals surface area contributed by atoms with E-state index in [2.05, 4.69) is 15.4 Å². The second-order valence-corrected chi connectivity index (χ2v) is 4.20. The number of alkyl halides is 2. The maximum absolute atomic E-state index is 11.8. The summed E-state index contributed by atoms with van der Waals surface area (Å²) in [7, 11) is 0. The Balaban J connectivity index is 0.00000400. The number of rotatable bonds is 9. The maximum atomic E-state index is 11.8. The van der Waals surface area contributed by atoms with Gasteiger partial charge in [0.2, 0.25) is 5.91 Å². The van der Waals surface area contributed by atoms with Crippen molar-refractivity contribution in [2.75, 3.05) is 25.1 Å². The zero-order valence-corrected chi connectivity index (χ0v) is 12.7. The van der Waals surface area contributed by atoms with Crippen LogP contribution in [0.5, 0.6) is 0 Å². The number of carbonyl (C=O) groups is 1. The van der Waals surface area contributed by atoms with Crippen molar-refractivity contribution in [3.63, 3.8) is 0 Å². The summed E-state index contributed by atoms with van der Waals surface area (Å²) < 4.78 is 28.4. The standard InChI is InChI=1S/C14H20F2N2O2.ClH/c1-2-17-9-11-5-3-4-6-12(11)18-14(19)7-8-20-10-13(15)16;/h3-6,13,17H,2,7-10H2,1H3,(H,18,19);1H. The minimum atomic E-state index is -2.50. The smallest absolute Gasteiger partial charge is 0.261 e. The Morgan fingerprint density at radius 1 is 1.33 bits per heavy atom. The topological polar surface area (TPSA) is 50.4 Å². The Morgan fingerprint density at radius 3 is 2.71 bits per heavy atom. The molecule has 7 heteroatoms. The number of ether oxygens (including phenoxy) is 1. The van der Waals surface area contributed by atoms with Crippen molar-refractivity contribution >= 4 is 24.0 Å². The van der Waals surface area contributed by atoms with E-state index in [9.17, 15) is 13.6 Å².